The number of nitrogens with one attached hydrogen (secondary N) is 1. The highest BCUT2D eigenvalue weighted by Crippen LogP contribution is 2.26. The summed E-state index contributed by atoms with van der Waals surface area (Å²) in [4.78, 5) is 2.26. The summed E-state index contributed by atoms with van der Waals surface area (Å²) in [5.41, 5.74) is 0. The second-order valence-electron chi connectivity index (χ2n) is 4.39. The third kappa shape index (κ3) is 6.45. The van der Waals surface area contributed by atoms with Crippen molar-refractivity contribution in [3.8, 4) is 11.5 Å². The third-order valence-electron chi connectivity index (χ3n) is 2.80. The highest BCUT2D eigenvalue weighted by atomic mass is 16.5. The van der Waals surface area contributed by atoms with E-state index < -0.39 is 0 Å². The minimum atomic E-state index is 0.656. The molecule has 0 spiro atoms. The van der Waals surface area contributed by atoms with Crippen molar-refractivity contribution in [3.63, 3.8) is 0 Å². The van der Waals surface area contributed by atoms with E-state index in [9.17, 15) is 0 Å². The first kappa shape index (κ1) is 15.8. The zero-order valence-electron chi connectivity index (χ0n) is 12.3. The second-order valence-corrected chi connectivity index (χ2v) is 4.39. The van der Waals surface area contributed by atoms with Crippen LogP contribution >= 0.6 is 0 Å². The summed E-state index contributed by atoms with van der Waals surface area (Å²) in [7, 11) is 2.11. The SMILES string of the molecule is CCNCCN(C)CCOc1ccccc1OCC. The highest BCUT2D eigenvalue weighted by Gasteiger charge is 2.04. The minimum Gasteiger partial charge on any atom is -0.490 e. The molecular formula is C15H26N2O2. The van der Waals surface area contributed by atoms with E-state index in [-0.39, 0.29) is 0 Å². The van der Waals surface area contributed by atoms with Crippen LogP contribution in [0.2, 0.25) is 0 Å². The van der Waals surface area contributed by atoms with Gasteiger partial charge < -0.3 is 19.7 Å². The Morgan fingerprint density at radius 2 is 1.74 bits per heavy atom. The molecule has 0 saturated heterocycles. The van der Waals surface area contributed by atoms with Crippen LogP contribution in [0.5, 0.6) is 11.5 Å². The van der Waals surface area contributed by atoms with Gasteiger partial charge in [0.1, 0.15) is 6.61 Å². The van der Waals surface area contributed by atoms with Gasteiger partial charge >= 0.3 is 0 Å². The van der Waals surface area contributed by atoms with Crippen LogP contribution < -0.4 is 14.8 Å². The number of hydrogen-bond donors (Lipinski definition) is 1. The summed E-state index contributed by atoms with van der Waals surface area (Å²) in [5, 5.41) is 3.31. The molecule has 0 unspecified atom stereocenters. The first-order chi connectivity index (χ1) is 9.27. The molecule has 0 radical (unpaired) electrons. The maximum absolute atomic E-state index is 5.78. The van der Waals surface area contributed by atoms with E-state index >= 15 is 0 Å². The van der Waals surface area contributed by atoms with Crippen LogP contribution in [0.1, 0.15) is 13.8 Å². The van der Waals surface area contributed by atoms with Gasteiger partial charge in [-0.05, 0) is 32.6 Å². The molecule has 0 atom stereocenters. The van der Waals surface area contributed by atoms with Crippen molar-refractivity contribution < 1.29 is 9.47 Å². The molecule has 108 valence electrons. The predicted molar refractivity (Wildman–Crippen MR) is 79.1 cm³/mol. The van der Waals surface area contributed by atoms with Crippen LogP contribution in [0, 0.1) is 0 Å². The van der Waals surface area contributed by atoms with E-state index in [1.165, 1.54) is 0 Å². The fourth-order valence-corrected chi connectivity index (χ4v) is 1.71. The first-order valence-corrected chi connectivity index (χ1v) is 7.01. The Kier molecular flexibility index (Phi) is 8.02. The summed E-state index contributed by atoms with van der Waals surface area (Å²) in [6, 6.07) is 7.81. The molecule has 0 amide bonds. The summed E-state index contributed by atoms with van der Waals surface area (Å²) in [6.07, 6.45) is 0. The third-order valence-corrected chi connectivity index (χ3v) is 2.80. The minimum absolute atomic E-state index is 0.656. The van der Waals surface area contributed by atoms with Crippen LogP contribution in [-0.4, -0.2) is 51.3 Å². The van der Waals surface area contributed by atoms with E-state index in [1.54, 1.807) is 0 Å². The molecule has 4 nitrogen and oxygen atoms in total. The first-order valence-electron chi connectivity index (χ1n) is 7.01. The van der Waals surface area contributed by atoms with Crippen LogP contribution in [0.15, 0.2) is 24.3 Å². The molecule has 0 aromatic heterocycles. The lowest BCUT2D eigenvalue weighted by Gasteiger charge is -2.18. The Labute approximate surface area is 116 Å². The van der Waals surface area contributed by atoms with Crippen molar-refractivity contribution in [2.75, 3.05) is 46.4 Å². The lowest BCUT2D eigenvalue weighted by molar-refractivity contribution is 0.226. The summed E-state index contributed by atoms with van der Waals surface area (Å²) in [5.74, 6) is 1.64. The number of rotatable bonds is 10. The Morgan fingerprint density at radius 3 is 2.37 bits per heavy atom. The molecule has 4 heteroatoms. The predicted octanol–water partition coefficient (Wildman–Crippen LogP) is 2.01. The quantitative estimate of drug-likeness (QED) is 0.657. The van der Waals surface area contributed by atoms with Crippen molar-refractivity contribution >= 4 is 0 Å². The van der Waals surface area contributed by atoms with Crippen molar-refractivity contribution in [1.82, 2.24) is 10.2 Å². The monoisotopic (exact) mass is 266 g/mol. The molecule has 0 fully saturated rings. The number of nitrogens with zero attached hydrogens (tertiary/aromatic N) is 1. The van der Waals surface area contributed by atoms with E-state index in [1.807, 2.05) is 31.2 Å². The standard InChI is InChI=1S/C15H26N2O2/c1-4-16-10-11-17(3)12-13-19-15-9-7-6-8-14(15)18-5-2/h6-9,16H,4-5,10-13H2,1-3H3. The molecule has 1 aromatic carbocycles. The van der Waals surface area contributed by atoms with E-state index in [0.717, 1.165) is 37.7 Å². The Balaban J connectivity index is 2.28. The Bertz CT molecular complexity index is 345. The smallest absolute Gasteiger partial charge is 0.161 e. The lowest BCUT2D eigenvalue weighted by atomic mass is 10.3. The molecule has 1 rings (SSSR count). The average molecular weight is 266 g/mol. The number of likely N-dealkylation sites (N-methyl/N-ethyl adjacent to an activating group) is 2. The Morgan fingerprint density at radius 1 is 1.05 bits per heavy atom. The molecule has 0 aliphatic rings. The van der Waals surface area contributed by atoms with Gasteiger partial charge in [-0.3, -0.25) is 0 Å². The van der Waals surface area contributed by atoms with Crippen LogP contribution in [0.3, 0.4) is 0 Å². The van der Waals surface area contributed by atoms with E-state index in [4.69, 9.17) is 9.47 Å². The molecule has 0 heterocycles. The van der Waals surface area contributed by atoms with Gasteiger partial charge in [0, 0.05) is 19.6 Å². The van der Waals surface area contributed by atoms with Gasteiger partial charge in [0.25, 0.3) is 0 Å². The average Bonchev–Trinajstić information content (AvgIpc) is 2.41. The van der Waals surface area contributed by atoms with Gasteiger partial charge in [-0.15, -0.1) is 0 Å². The molecular weight excluding hydrogens is 240 g/mol. The molecule has 19 heavy (non-hydrogen) atoms. The van der Waals surface area contributed by atoms with Crippen molar-refractivity contribution in [1.29, 1.82) is 0 Å². The van der Waals surface area contributed by atoms with Gasteiger partial charge in [-0.25, -0.2) is 0 Å². The fraction of sp³-hybridized carbons (Fsp3) is 0.600. The van der Waals surface area contributed by atoms with Gasteiger partial charge in [0.2, 0.25) is 0 Å². The number of hydrogen-bond acceptors (Lipinski definition) is 4. The largest absolute Gasteiger partial charge is 0.490 e. The lowest BCUT2D eigenvalue weighted by Crippen LogP contribution is -2.32. The maximum Gasteiger partial charge on any atom is 0.161 e. The van der Waals surface area contributed by atoms with Gasteiger partial charge in [0.05, 0.1) is 6.61 Å². The van der Waals surface area contributed by atoms with Crippen molar-refractivity contribution in [2.24, 2.45) is 0 Å². The zero-order chi connectivity index (χ0) is 13.9. The number of para-hydroxylation sites is 2. The molecule has 0 aliphatic carbocycles. The number of ether oxygens (including phenoxy) is 2. The van der Waals surface area contributed by atoms with E-state index in [2.05, 4.69) is 24.2 Å². The molecule has 1 N–H and O–H groups in total. The topological polar surface area (TPSA) is 33.7 Å². The zero-order valence-corrected chi connectivity index (χ0v) is 12.3. The molecule has 0 aliphatic heterocycles. The number of benzene rings is 1. The van der Waals surface area contributed by atoms with Crippen LogP contribution in [0.25, 0.3) is 0 Å². The molecule has 0 saturated carbocycles. The van der Waals surface area contributed by atoms with Gasteiger partial charge in [0.15, 0.2) is 11.5 Å². The van der Waals surface area contributed by atoms with E-state index in [0.29, 0.717) is 13.2 Å². The van der Waals surface area contributed by atoms with Crippen molar-refractivity contribution in [3.05, 3.63) is 24.3 Å². The van der Waals surface area contributed by atoms with Crippen molar-refractivity contribution in [2.45, 2.75) is 13.8 Å². The van der Waals surface area contributed by atoms with Crippen LogP contribution in [-0.2, 0) is 0 Å². The fourth-order valence-electron chi connectivity index (χ4n) is 1.71. The maximum atomic E-state index is 5.78. The summed E-state index contributed by atoms with van der Waals surface area (Å²) >= 11 is 0. The molecule has 0 bridgehead atoms. The normalized spacial score (nSPS) is 10.7. The summed E-state index contributed by atoms with van der Waals surface area (Å²) in [6.45, 7) is 9.40. The Hall–Kier alpha value is -1.26. The highest BCUT2D eigenvalue weighted by molar-refractivity contribution is 5.39. The summed E-state index contributed by atoms with van der Waals surface area (Å²) < 4.78 is 11.3. The van der Waals surface area contributed by atoms with Crippen LogP contribution in [0.4, 0.5) is 0 Å². The second kappa shape index (κ2) is 9.64. The molecule has 1 aromatic rings. The van der Waals surface area contributed by atoms with Gasteiger partial charge in [-0.1, -0.05) is 19.1 Å². The van der Waals surface area contributed by atoms with Gasteiger partial charge in [-0.2, -0.15) is 0 Å².